The maximum atomic E-state index is 13.6. The van der Waals surface area contributed by atoms with Gasteiger partial charge in [0.2, 0.25) is 21.8 Å². The van der Waals surface area contributed by atoms with E-state index >= 15 is 0 Å². The van der Waals surface area contributed by atoms with E-state index in [0.717, 1.165) is 83.1 Å². The number of carbonyl (C=O) groups excluding carboxylic acids is 2. The van der Waals surface area contributed by atoms with E-state index in [0.29, 0.717) is 18.8 Å². The number of rotatable bonds is 4. The number of anilines is 2. The van der Waals surface area contributed by atoms with Gasteiger partial charge in [-0.3, -0.25) is 14.5 Å². The van der Waals surface area contributed by atoms with E-state index in [-0.39, 0.29) is 29.3 Å². The fraction of sp³-hybridized carbons (Fsp3) is 0.667. The van der Waals surface area contributed by atoms with Crippen LogP contribution in [0.5, 0.6) is 0 Å². The van der Waals surface area contributed by atoms with Crippen molar-refractivity contribution >= 4 is 33.2 Å². The molecule has 4 heterocycles. The highest BCUT2D eigenvalue weighted by Gasteiger charge is 2.41. The van der Waals surface area contributed by atoms with E-state index in [1.807, 2.05) is 11.0 Å². The Balaban J connectivity index is 1.50. The highest BCUT2D eigenvalue weighted by molar-refractivity contribution is 7.89. The van der Waals surface area contributed by atoms with Crippen LogP contribution in [0.25, 0.3) is 0 Å². The zero-order chi connectivity index (χ0) is 23.0. The first-order valence-electron chi connectivity index (χ1n) is 12.5. The van der Waals surface area contributed by atoms with Gasteiger partial charge in [0.25, 0.3) is 0 Å². The first-order chi connectivity index (χ1) is 16.0. The van der Waals surface area contributed by atoms with Crippen molar-refractivity contribution in [2.45, 2.75) is 68.7 Å². The molecule has 1 aromatic carbocycles. The Hall–Kier alpha value is -2.13. The largest absolute Gasteiger partial charge is 0.358 e. The Morgan fingerprint density at radius 2 is 1.52 bits per heavy atom. The molecule has 0 aliphatic carbocycles. The van der Waals surface area contributed by atoms with E-state index in [4.69, 9.17) is 0 Å². The number of hydrogen-bond acceptors (Lipinski definition) is 5. The Labute approximate surface area is 196 Å². The highest BCUT2D eigenvalue weighted by atomic mass is 32.2. The molecule has 33 heavy (non-hydrogen) atoms. The Bertz CT molecular complexity index is 1020. The maximum absolute atomic E-state index is 13.6. The van der Waals surface area contributed by atoms with Gasteiger partial charge in [0.15, 0.2) is 0 Å². The normalized spacial score (nSPS) is 24.4. The van der Waals surface area contributed by atoms with E-state index in [2.05, 4.69) is 4.90 Å². The Kier molecular flexibility index (Phi) is 6.35. The van der Waals surface area contributed by atoms with Crippen LogP contribution in [-0.2, 0) is 19.6 Å². The van der Waals surface area contributed by atoms with Crippen molar-refractivity contribution in [2.24, 2.45) is 0 Å². The van der Waals surface area contributed by atoms with Gasteiger partial charge in [-0.25, -0.2) is 8.42 Å². The van der Waals surface area contributed by atoms with Crippen LogP contribution < -0.4 is 9.80 Å². The summed E-state index contributed by atoms with van der Waals surface area (Å²) in [5.74, 6) is -0.136. The van der Waals surface area contributed by atoms with Crippen LogP contribution in [0, 0.1) is 0 Å². The second-order valence-corrected chi connectivity index (χ2v) is 11.6. The molecular formula is C24H34N4O4S. The second-order valence-electron chi connectivity index (χ2n) is 9.69. The zero-order valence-corrected chi connectivity index (χ0v) is 20.1. The minimum absolute atomic E-state index is 0.0244. The van der Waals surface area contributed by atoms with E-state index in [9.17, 15) is 18.0 Å². The van der Waals surface area contributed by atoms with Gasteiger partial charge < -0.3 is 9.80 Å². The van der Waals surface area contributed by atoms with Gasteiger partial charge in [-0.2, -0.15) is 4.31 Å². The molecular weight excluding hydrogens is 440 g/mol. The predicted octanol–water partition coefficient (Wildman–Crippen LogP) is 2.58. The van der Waals surface area contributed by atoms with Crippen LogP contribution in [0.15, 0.2) is 23.1 Å². The third-order valence-electron chi connectivity index (χ3n) is 7.56. The van der Waals surface area contributed by atoms with Crippen molar-refractivity contribution < 1.29 is 18.0 Å². The van der Waals surface area contributed by atoms with E-state index in [1.54, 1.807) is 21.3 Å². The SMILES string of the molecule is O=C(CN1C(=O)[C@@H]2CCCCN2c2ccc(S(=O)(=O)N3CCCCC3)cc21)N1CCCCC1. The van der Waals surface area contributed by atoms with Gasteiger partial charge in [-0.05, 0) is 69.6 Å². The Morgan fingerprint density at radius 1 is 0.848 bits per heavy atom. The zero-order valence-electron chi connectivity index (χ0n) is 19.2. The molecule has 4 aliphatic rings. The standard InChI is InChI=1S/C24H34N4O4S/c29-23(25-12-4-1-5-13-25)18-28-22-17-19(33(31,32)26-14-6-2-7-15-26)10-11-20(22)27-16-8-3-9-21(27)24(28)30/h10-11,17,21H,1-9,12-16,18H2/t21-/m0/s1. The molecule has 0 N–H and O–H groups in total. The minimum atomic E-state index is -3.63. The highest BCUT2D eigenvalue weighted by Crippen LogP contribution is 2.41. The van der Waals surface area contributed by atoms with Gasteiger partial charge in [0, 0.05) is 32.7 Å². The third kappa shape index (κ3) is 4.25. The molecule has 0 aromatic heterocycles. The van der Waals surface area contributed by atoms with Crippen molar-refractivity contribution in [2.75, 3.05) is 49.1 Å². The number of fused-ring (bicyclic) bond motifs is 3. The molecule has 180 valence electrons. The third-order valence-corrected chi connectivity index (χ3v) is 9.45. The number of carbonyl (C=O) groups is 2. The van der Waals surface area contributed by atoms with Crippen molar-refractivity contribution in [3.05, 3.63) is 18.2 Å². The van der Waals surface area contributed by atoms with Crippen LogP contribution >= 0.6 is 0 Å². The fourth-order valence-electron chi connectivity index (χ4n) is 5.69. The summed E-state index contributed by atoms with van der Waals surface area (Å²) in [7, 11) is -3.63. The Morgan fingerprint density at radius 3 is 2.24 bits per heavy atom. The van der Waals surface area contributed by atoms with Crippen LogP contribution in [0.3, 0.4) is 0 Å². The average molecular weight is 475 g/mol. The number of nitrogens with zero attached hydrogens (tertiary/aromatic N) is 4. The topological polar surface area (TPSA) is 81.2 Å². The lowest BCUT2D eigenvalue weighted by Crippen LogP contribution is -2.57. The van der Waals surface area contributed by atoms with E-state index < -0.39 is 10.0 Å². The summed E-state index contributed by atoms with van der Waals surface area (Å²) >= 11 is 0. The maximum Gasteiger partial charge on any atom is 0.250 e. The molecule has 2 amide bonds. The lowest BCUT2D eigenvalue weighted by atomic mass is 9.96. The monoisotopic (exact) mass is 474 g/mol. The summed E-state index contributed by atoms with van der Waals surface area (Å²) in [5.41, 5.74) is 1.42. The molecule has 3 saturated heterocycles. The number of benzene rings is 1. The summed E-state index contributed by atoms with van der Waals surface area (Å²) in [6, 6.07) is 4.88. The molecule has 5 rings (SSSR count). The molecule has 3 fully saturated rings. The molecule has 0 saturated carbocycles. The molecule has 4 aliphatic heterocycles. The van der Waals surface area contributed by atoms with Gasteiger partial charge in [0.05, 0.1) is 16.3 Å². The quantitative estimate of drug-likeness (QED) is 0.670. The molecule has 8 nitrogen and oxygen atoms in total. The van der Waals surface area contributed by atoms with Gasteiger partial charge in [-0.15, -0.1) is 0 Å². The molecule has 0 unspecified atom stereocenters. The summed E-state index contributed by atoms with van der Waals surface area (Å²) in [5, 5.41) is 0. The van der Waals surface area contributed by atoms with Crippen LogP contribution in [0.2, 0.25) is 0 Å². The van der Waals surface area contributed by atoms with Crippen molar-refractivity contribution in [3.8, 4) is 0 Å². The number of hydrogen-bond donors (Lipinski definition) is 0. The lowest BCUT2D eigenvalue weighted by Gasteiger charge is -2.45. The van der Waals surface area contributed by atoms with Gasteiger partial charge >= 0.3 is 0 Å². The minimum Gasteiger partial charge on any atom is -0.358 e. The molecule has 1 atom stereocenters. The molecule has 1 aromatic rings. The predicted molar refractivity (Wildman–Crippen MR) is 127 cm³/mol. The smallest absolute Gasteiger partial charge is 0.250 e. The van der Waals surface area contributed by atoms with E-state index in [1.165, 1.54) is 0 Å². The summed E-state index contributed by atoms with van der Waals surface area (Å²) in [6.45, 7) is 3.27. The van der Waals surface area contributed by atoms with Crippen molar-refractivity contribution in [1.29, 1.82) is 0 Å². The lowest BCUT2D eigenvalue weighted by molar-refractivity contribution is -0.132. The first-order valence-corrected chi connectivity index (χ1v) is 13.9. The van der Waals surface area contributed by atoms with Crippen molar-refractivity contribution in [1.82, 2.24) is 9.21 Å². The molecule has 9 heteroatoms. The second kappa shape index (κ2) is 9.25. The molecule has 0 spiro atoms. The summed E-state index contributed by atoms with van der Waals surface area (Å²) < 4.78 is 28.2. The van der Waals surface area contributed by atoms with Crippen LogP contribution in [0.4, 0.5) is 11.4 Å². The summed E-state index contributed by atoms with van der Waals surface area (Å²) in [6.07, 6.45) is 8.65. The fourth-order valence-corrected chi connectivity index (χ4v) is 7.23. The van der Waals surface area contributed by atoms with Crippen LogP contribution in [0.1, 0.15) is 57.8 Å². The summed E-state index contributed by atoms with van der Waals surface area (Å²) in [4.78, 5) is 32.4. The number of amides is 2. The number of piperidine rings is 3. The van der Waals surface area contributed by atoms with Crippen LogP contribution in [-0.4, -0.2) is 74.7 Å². The van der Waals surface area contributed by atoms with Crippen molar-refractivity contribution in [3.63, 3.8) is 0 Å². The number of sulfonamides is 1. The van der Waals surface area contributed by atoms with Gasteiger partial charge in [-0.1, -0.05) is 6.42 Å². The first kappa shape index (κ1) is 22.7. The molecule has 0 bridgehead atoms. The molecule has 0 radical (unpaired) electrons. The number of likely N-dealkylation sites (tertiary alicyclic amines) is 1. The average Bonchev–Trinajstić information content (AvgIpc) is 2.87. The van der Waals surface area contributed by atoms with Gasteiger partial charge in [0.1, 0.15) is 12.6 Å².